The van der Waals surface area contributed by atoms with Crippen molar-refractivity contribution in [2.75, 3.05) is 59.5 Å². The van der Waals surface area contributed by atoms with Gasteiger partial charge in [0.25, 0.3) is 0 Å². The van der Waals surface area contributed by atoms with Crippen molar-refractivity contribution in [3.63, 3.8) is 0 Å². The zero-order valence-electron chi connectivity index (χ0n) is 14.2. The Morgan fingerprint density at radius 1 is 0.792 bits per heavy atom. The van der Waals surface area contributed by atoms with Crippen LogP contribution in [0, 0.1) is 19.3 Å². The van der Waals surface area contributed by atoms with Crippen LogP contribution in [0.2, 0.25) is 0 Å². The van der Waals surface area contributed by atoms with Crippen molar-refractivity contribution >= 4 is 12.0 Å². The molecule has 0 N–H and O–H groups in total. The number of benzene rings is 1. The van der Waals surface area contributed by atoms with Gasteiger partial charge in [-0.15, -0.1) is 6.42 Å². The highest BCUT2D eigenvalue weighted by Gasteiger charge is 1.96. The molecule has 0 unspecified atom stereocenters. The molecule has 24 heavy (non-hydrogen) atoms. The summed E-state index contributed by atoms with van der Waals surface area (Å²) < 4.78 is 26.6. The highest BCUT2D eigenvalue weighted by molar-refractivity contribution is 7.94. The zero-order valence-corrected chi connectivity index (χ0v) is 15.0. The van der Waals surface area contributed by atoms with Crippen LogP contribution >= 0.6 is 12.0 Å². The van der Waals surface area contributed by atoms with Crippen LogP contribution in [0.4, 0.5) is 0 Å². The molecule has 0 heterocycles. The Morgan fingerprint density at radius 3 is 1.83 bits per heavy atom. The third-order valence-electron chi connectivity index (χ3n) is 2.79. The molecule has 1 aromatic carbocycles. The molecular formula is C18H26O5S. The summed E-state index contributed by atoms with van der Waals surface area (Å²) in [6.45, 7) is 6.67. The van der Waals surface area contributed by atoms with Gasteiger partial charge in [-0.25, -0.2) is 0 Å². The van der Waals surface area contributed by atoms with Crippen LogP contribution in [0.5, 0.6) is 0 Å². The maximum absolute atomic E-state index is 5.47. The van der Waals surface area contributed by atoms with E-state index in [1.807, 2.05) is 12.1 Å². The zero-order chi connectivity index (χ0) is 17.3. The van der Waals surface area contributed by atoms with E-state index in [0.29, 0.717) is 59.5 Å². The van der Waals surface area contributed by atoms with Crippen LogP contribution in [0.25, 0.3) is 0 Å². The first-order chi connectivity index (χ1) is 11.8. The molecule has 0 saturated carbocycles. The third-order valence-corrected chi connectivity index (χ3v) is 3.54. The van der Waals surface area contributed by atoms with Gasteiger partial charge >= 0.3 is 0 Å². The van der Waals surface area contributed by atoms with E-state index in [1.54, 1.807) is 0 Å². The Labute approximate surface area is 149 Å². The summed E-state index contributed by atoms with van der Waals surface area (Å²) in [5.74, 6) is 2.39. The van der Waals surface area contributed by atoms with Crippen molar-refractivity contribution in [1.29, 1.82) is 0 Å². The van der Waals surface area contributed by atoms with E-state index in [2.05, 4.69) is 25.0 Å². The first kappa shape index (κ1) is 21.0. The molecule has 5 nitrogen and oxygen atoms in total. The molecule has 0 amide bonds. The Bertz CT molecular complexity index is 444. The van der Waals surface area contributed by atoms with Crippen molar-refractivity contribution in [1.82, 2.24) is 0 Å². The van der Waals surface area contributed by atoms with Crippen molar-refractivity contribution < 1.29 is 23.1 Å². The van der Waals surface area contributed by atoms with Gasteiger partial charge in [-0.1, -0.05) is 23.6 Å². The van der Waals surface area contributed by atoms with Crippen LogP contribution in [0.15, 0.2) is 29.2 Å². The largest absolute Gasteiger partial charge is 0.377 e. The van der Waals surface area contributed by atoms with Crippen molar-refractivity contribution in [3.8, 4) is 12.3 Å². The number of terminal acetylenes is 1. The van der Waals surface area contributed by atoms with Crippen molar-refractivity contribution in [3.05, 3.63) is 29.8 Å². The molecule has 0 fully saturated rings. The van der Waals surface area contributed by atoms with E-state index < -0.39 is 0 Å². The van der Waals surface area contributed by atoms with E-state index in [1.165, 1.54) is 17.6 Å². The molecule has 0 aliphatic heterocycles. The summed E-state index contributed by atoms with van der Waals surface area (Å²) in [4.78, 5) is 1.09. The first-order valence-corrected chi connectivity index (χ1v) is 8.67. The Morgan fingerprint density at radius 2 is 1.29 bits per heavy atom. The molecule has 0 bridgehead atoms. The highest BCUT2D eigenvalue weighted by atomic mass is 32.2. The fraction of sp³-hybridized carbons (Fsp3) is 0.556. The van der Waals surface area contributed by atoms with Crippen LogP contribution in [0.3, 0.4) is 0 Å². The lowest BCUT2D eigenvalue weighted by Gasteiger charge is -2.07. The summed E-state index contributed by atoms with van der Waals surface area (Å²) in [6.07, 6.45) is 5.05. The maximum atomic E-state index is 5.47. The third kappa shape index (κ3) is 12.4. The first-order valence-electron chi connectivity index (χ1n) is 7.93. The van der Waals surface area contributed by atoms with Gasteiger partial charge in [-0.3, -0.25) is 0 Å². The summed E-state index contributed by atoms with van der Waals surface area (Å²) in [5.41, 5.74) is 1.24. The van der Waals surface area contributed by atoms with Gasteiger partial charge in [-0.2, -0.15) is 0 Å². The molecule has 134 valence electrons. The van der Waals surface area contributed by atoms with Gasteiger partial charge in [-0.05, 0) is 19.1 Å². The lowest BCUT2D eigenvalue weighted by atomic mass is 10.2. The lowest BCUT2D eigenvalue weighted by molar-refractivity contribution is -0.00124. The van der Waals surface area contributed by atoms with Crippen LogP contribution < -0.4 is 0 Å². The van der Waals surface area contributed by atoms with E-state index in [-0.39, 0.29) is 0 Å². The molecule has 0 spiro atoms. The van der Waals surface area contributed by atoms with Gasteiger partial charge in [0.15, 0.2) is 0 Å². The number of hydrogen-bond donors (Lipinski definition) is 0. The molecule has 0 aromatic heterocycles. The standard InChI is InChI=1S/C18H26O5S/c1-3-8-19-9-10-20-11-12-21-13-14-22-15-16-23-24-18-6-4-17(2)5-7-18/h1,4-7H,8-16H2,2H3. The number of hydrogen-bond acceptors (Lipinski definition) is 6. The molecule has 6 heteroatoms. The fourth-order valence-electron chi connectivity index (χ4n) is 1.59. The Kier molecular flexibility index (Phi) is 13.5. The maximum Gasteiger partial charge on any atom is 0.107 e. The predicted molar refractivity (Wildman–Crippen MR) is 95.1 cm³/mol. The minimum Gasteiger partial charge on any atom is -0.377 e. The molecule has 0 aliphatic rings. The monoisotopic (exact) mass is 354 g/mol. The lowest BCUT2D eigenvalue weighted by Crippen LogP contribution is -2.12. The van der Waals surface area contributed by atoms with E-state index in [4.69, 9.17) is 29.6 Å². The fourth-order valence-corrected chi connectivity index (χ4v) is 2.12. The van der Waals surface area contributed by atoms with Crippen LogP contribution in [0.1, 0.15) is 5.56 Å². The second-order valence-corrected chi connectivity index (χ2v) is 5.69. The molecule has 0 aliphatic carbocycles. The van der Waals surface area contributed by atoms with Crippen molar-refractivity contribution in [2.45, 2.75) is 11.8 Å². The van der Waals surface area contributed by atoms with Gasteiger partial charge in [0, 0.05) is 16.9 Å². The van der Waals surface area contributed by atoms with Gasteiger partial charge < -0.3 is 23.1 Å². The van der Waals surface area contributed by atoms with E-state index >= 15 is 0 Å². The van der Waals surface area contributed by atoms with Crippen LogP contribution in [-0.4, -0.2) is 59.5 Å². The predicted octanol–water partition coefficient (Wildman–Crippen LogP) is 2.72. The average molecular weight is 354 g/mol. The SMILES string of the molecule is C#CCOCCOCCOCCOCCOSc1ccc(C)cc1. The number of ether oxygens (including phenoxy) is 4. The molecular weight excluding hydrogens is 328 g/mol. The smallest absolute Gasteiger partial charge is 0.107 e. The van der Waals surface area contributed by atoms with Crippen LogP contribution in [-0.2, 0) is 23.1 Å². The quantitative estimate of drug-likeness (QED) is 0.274. The Hall–Kier alpha value is -1.07. The average Bonchev–Trinajstić information content (AvgIpc) is 2.60. The normalized spacial score (nSPS) is 10.7. The minimum absolute atomic E-state index is 0.324. The minimum atomic E-state index is 0.324. The summed E-state index contributed by atoms with van der Waals surface area (Å²) >= 11 is 1.36. The molecule has 0 atom stereocenters. The van der Waals surface area contributed by atoms with Crippen molar-refractivity contribution in [2.24, 2.45) is 0 Å². The second kappa shape index (κ2) is 15.5. The van der Waals surface area contributed by atoms with E-state index in [0.717, 1.165) is 4.90 Å². The molecule has 1 rings (SSSR count). The Balaban J connectivity index is 1.76. The summed E-state index contributed by atoms with van der Waals surface area (Å²) in [6, 6.07) is 8.21. The molecule has 0 saturated heterocycles. The highest BCUT2D eigenvalue weighted by Crippen LogP contribution is 2.18. The summed E-state index contributed by atoms with van der Waals surface area (Å²) in [7, 11) is 0. The van der Waals surface area contributed by atoms with Gasteiger partial charge in [0.2, 0.25) is 0 Å². The van der Waals surface area contributed by atoms with Gasteiger partial charge in [0.05, 0.1) is 52.9 Å². The number of rotatable bonds is 15. The number of aryl methyl sites for hydroxylation is 1. The topological polar surface area (TPSA) is 46.2 Å². The molecule has 0 radical (unpaired) electrons. The van der Waals surface area contributed by atoms with E-state index in [9.17, 15) is 0 Å². The second-order valence-electron chi connectivity index (χ2n) is 4.81. The summed E-state index contributed by atoms with van der Waals surface area (Å²) in [5, 5.41) is 0. The van der Waals surface area contributed by atoms with Gasteiger partial charge in [0.1, 0.15) is 6.61 Å². The molecule has 1 aromatic rings.